The first-order chi connectivity index (χ1) is 16.0. The highest BCUT2D eigenvalue weighted by Gasteiger charge is 2.18. The van der Waals surface area contributed by atoms with Gasteiger partial charge in [-0.2, -0.15) is 0 Å². The fraction of sp³-hybridized carbons (Fsp3) is 0.333. The van der Waals surface area contributed by atoms with Crippen LogP contribution in [0.1, 0.15) is 17.5 Å². The number of hydrogen-bond donors (Lipinski definition) is 0. The van der Waals surface area contributed by atoms with Gasteiger partial charge in [0.2, 0.25) is 11.7 Å². The van der Waals surface area contributed by atoms with Gasteiger partial charge >= 0.3 is 0 Å². The molecular formula is C24H27N5O3S. The normalized spacial score (nSPS) is 11.4. The maximum atomic E-state index is 13.1. The minimum Gasteiger partial charge on any atom is -0.385 e. The number of aromatic nitrogens is 4. The van der Waals surface area contributed by atoms with E-state index in [4.69, 9.17) is 4.74 Å². The Hall–Kier alpha value is -3.17. The van der Waals surface area contributed by atoms with Gasteiger partial charge in [-0.25, -0.2) is 0 Å². The van der Waals surface area contributed by atoms with Gasteiger partial charge in [0.1, 0.15) is 0 Å². The molecule has 0 aliphatic rings. The number of para-hydroxylation sites is 1. The third-order valence-corrected chi connectivity index (χ3v) is 6.41. The Labute approximate surface area is 196 Å². The molecule has 0 N–H and O–H groups in total. The Balaban J connectivity index is 1.58. The number of aryl methyl sites for hydroxylation is 2. The number of amides is 1. The molecule has 2 aromatic carbocycles. The van der Waals surface area contributed by atoms with Crippen molar-refractivity contribution in [1.82, 2.24) is 24.1 Å². The van der Waals surface area contributed by atoms with E-state index in [1.165, 1.54) is 17.3 Å². The van der Waals surface area contributed by atoms with Crippen molar-refractivity contribution in [2.24, 2.45) is 0 Å². The molecule has 8 nitrogen and oxygen atoms in total. The van der Waals surface area contributed by atoms with E-state index in [9.17, 15) is 9.59 Å². The maximum absolute atomic E-state index is 13.1. The lowest BCUT2D eigenvalue weighted by molar-refractivity contribution is -0.127. The first-order valence-corrected chi connectivity index (χ1v) is 11.8. The summed E-state index contributed by atoms with van der Waals surface area (Å²) in [5.41, 5.74) is 2.90. The van der Waals surface area contributed by atoms with Crippen molar-refractivity contribution in [3.63, 3.8) is 0 Å². The van der Waals surface area contributed by atoms with E-state index in [-0.39, 0.29) is 17.2 Å². The number of benzene rings is 2. The first kappa shape index (κ1) is 23.0. The summed E-state index contributed by atoms with van der Waals surface area (Å²) < 4.78 is 8.63. The molecule has 0 aliphatic carbocycles. The van der Waals surface area contributed by atoms with Gasteiger partial charge < -0.3 is 9.64 Å². The molecule has 2 heterocycles. The molecule has 0 saturated carbocycles. The molecule has 0 fully saturated rings. The predicted molar refractivity (Wildman–Crippen MR) is 130 cm³/mol. The van der Waals surface area contributed by atoms with Crippen molar-refractivity contribution >= 4 is 34.3 Å². The van der Waals surface area contributed by atoms with Gasteiger partial charge in [-0.05, 0) is 31.0 Å². The van der Waals surface area contributed by atoms with Crippen LogP contribution in [0.3, 0.4) is 0 Å². The van der Waals surface area contributed by atoms with Crippen LogP contribution in [-0.2, 0) is 22.6 Å². The van der Waals surface area contributed by atoms with E-state index < -0.39 is 0 Å². The SMILES string of the molecule is COCCCn1c(=O)c2ccccc2n2c(SCC(=O)N(C)Cc3ccc(C)cc3)nnc12. The number of thioether (sulfide) groups is 1. The zero-order valence-corrected chi connectivity index (χ0v) is 19.8. The number of fused-ring (bicyclic) bond motifs is 3. The Bertz CT molecular complexity index is 1330. The Morgan fingerprint density at radius 3 is 2.64 bits per heavy atom. The molecule has 0 spiro atoms. The molecule has 0 bridgehead atoms. The van der Waals surface area contributed by atoms with Crippen LogP contribution in [0.15, 0.2) is 58.5 Å². The summed E-state index contributed by atoms with van der Waals surface area (Å²) >= 11 is 1.32. The monoisotopic (exact) mass is 465 g/mol. The summed E-state index contributed by atoms with van der Waals surface area (Å²) in [5, 5.41) is 9.78. The van der Waals surface area contributed by atoms with Crippen LogP contribution in [0.25, 0.3) is 16.7 Å². The average molecular weight is 466 g/mol. The minimum absolute atomic E-state index is 0.00459. The molecule has 0 atom stereocenters. The zero-order valence-electron chi connectivity index (χ0n) is 19.0. The summed E-state index contributed by atoms with van der Waals surface area (Å²) in [6, 6.07) is 15.6. The van der Waals surface area contributed by atoms with Gasteiger partial charge in [-0.3, -0.25) is 18.6 Å². The number of hydrogen-bond acceptors (Lipinski definition) is 6. The van der Waals surface area contributed by atoms with E-state index in [1.54, 1.807) is 29.7 Å². The molecule has 4 rings (SSSR count). The smallest absolute Gasteiger partial charge is 0.262 e. The number of ether oxygens (including phenoxy) is 1. The third kappa shape index (κ3) is 4.94. The summed E-state index contributed by atoms with van der Waals surface area (Å²) in [5.74, 6) is 0.688. The van der Waals surface area contributed by atoms with E-state index in [0.717, 1.165) is 11.1 Å². The van der Waals surface area contributed by atoms with Crippen molar-refractivity contribution in [3.05, 3.63) is 70.0 Å². The van der Waals surface area contributed by atoms with Gasteiger partial charge in [-0.15, -0.1) is 10.2 Å². The largest absolute Gasteiger partial charge is 0.385 e. The summed E-state index contributed by atoms with van der Waals surface area (Å²) in [4.78, 5) is 27.6. The summed E-state index contributed by atoms with van der Waals surface area (Å²) in [6.07, 6.45) is 0.683. The zero-order chi connectivity index (χ0) is 23.4. The average Bonchev–Trinajstić information content (AvgIpc) is 3.25. The number of carbonyl (C=O) groups excluding carboxylic acids is 1. The van der Waals surface area contributed by atoms with Crippen molar-refractivity contribution in [2.45, 2.75) is 31.6 Å². The van der Waals surface area contributed by atoms with Crippen LogP contribution in [-0.4, -0.2) is 56.5 Å². The van der Waals surface area contributed by atoms with Crippen LogP contribution >= 0.6 is 11.8 Å². The number of methoxy groups -OCH3 is 1. The quantitative estimate of drug-likeness (QED) is 0.279. The molecule has 0 radical (unpaired) electrons. The van der Waals surface area contributed by atoms with Gasteiger partial charge in [0.05, 0.1) is 16.7 Å². The fourth-order valence-corrected chi connectivity index (χ4v) is 4.57. The lowest BCUT2D eigenvalue weighted by Crippen LogP contribution is -2.28. The lowest BCUT2D eigenvalue weighted by Gasteiger charge is -2.17. The van der Waals surface area contributed by atoms with Gasteiger partial charge in [-0.1, -0.05) is 53.7 Å². The summed E-state index contributed by atoms with van der Waals surface area (Å²) in [6.45, 7) is 3.60. The van der Waals surface area contributed by atoms with Gasteiger partial charge in [0.15, 0.2) is 5.16 Å². The molecular weight excluding hydrogens is 438 g/mol. The van der Waals surface area contributed by atoms with E-state index in [1.807, 2.05) is 53.8 Å². The van der Waals surface area contributed by atoms with E-state index in [2.05, 4.69) is 10.2 Å². The van der Waals surface area contributed by atoms with Gasteiger partial charge in [0.25, 0.3) is 5.56 Å². The second-order valence-corrected chi connectivity index (χ2v) is 8.90. The first-order valence-electron chi connectivity index (χ1n) is 10.8. The second-order valence-electron chi connectivity index (χ2n) is 7.96. The molecule has 0 unspecified atom stereocenters. The van der Waals surface area contributed by atoms with Crippen LogP contribution in [0.4, 0.5) is 0 Å². The maximum Gasteiger partial charge on any atom is 0.262 e. The minimum atomic E-state index is -0.105. The standard InChI is InChI=1S/C24H27N5O3S/c1-17-9-11-18(12-10-17)15-27(2)21(30)16-33-24-26-25-23-28(13-6-14-32-3)22(31)19-7-4-5-8-20(19)29(23)24/h4-5,7-12H,6,13-16H2,1-3H3. The Morgan fingerprint density at radius 1 is 1.12 bits per heavy atom. The van der Waals surface area contributed by atoms with Crippen molar-refractivity contribution in [1.29, 1.82) is 0 Å². The molecule has 33 heavy (non-hydrogen) atoms. The Kier molecular flexibility index (Phi) is 7.10. The highest BCUT2D eigenvalue weighted by Crippen LogP contribution is 2.22. The molecule has 1 amide bonds. The third-order valence-electron chi connectivity index (χ3n) is 5.50. The van der Waals surface area contributed by atoms with Crippen LogP contribution in [0.2, 0.25) is 0 Å². The fourth-order valence-electron chi connectivity index (χ4n) is 3.69. The predicted octanol–water partition coefficient (Wildman–Crippen LogP) is 3.14. The summed E-state index contributed by atoms with van der Waals surface area (Å²) in [7, 11) is 3.44. The number of carbonyl (C=O) groups is 1. The highest BCUT2D eigenvalue weighted by molar-refractivity contribution is 7.99. The molecule has 9 heteroatoms. The van der Waals surface area contributed by atoms with E-state index >= 15 is 0 Å². The molecule has 0 aliphatic heterocycles. The molecule has 2 aromatic heterocycles. The number of rotatable bonds is 9. The van der Waals surface area contributed by atoms with Crippen molar-refractivity contribution in [2.75, 3.05) is 26.5 Å². The van der Waals surface area contributed by atoms with E-state index in [0.29, 0.717) is 42.4 Å². The van der Waals surface area contributed by atoms with Gasteiger partial charge in [0, 0.05) is 33.9 Å². The van der Waals surface area contributed by atoms with Crippen LogP contribution in [0, 0.1) is 6.92 Å². The van der Waals surface area contributed by atoms with Crippen molar-refractivity contribution < 1.29 is 9.53 Å². The number of nitrogens with zero attached hydrogens (tertiary/aromatic N) is 5. The lowest BCUT2D eigenvalue weighted by atomic mass is 10.1. The topological polar surface area (TPSA) is 81.7 Å². The molecule has 0 saturated heterocycles. The second kappa shape index (κ2) is 10.2. The Morgan fingerprint density at radius 2 is 1.88 bits per heavy atom. The van der Waals surface area contributed by atoms with Crippen LogP contribution < -0.4 is 5.56 Å². The van der Waals surface area contributed by atoms with Crippen LogP contribution in [0.5, 0.6) is 0 Å². The molecule has 172 valence electrons. The van der Waals surface area contributed by atoms with Crippen molar-refractivity contribution in [3.8, 4) is 0 Å². The highest BCUT2D eigenvalue weighted by atomic mass is 32.2. The molecule has 4 aromatic rings.